The Morgan fingerprint density at radius 2 is 2.15 bits per heavy atom. The minimum Gasteiger partial charge on any atom is -0.453 e. The van der Waals surface area contributed by atoms with Gasteiger partial charge in [0.25, 0.3) is 0 Å². The monoisotopic (exact) mass is 383 g/mol. The van der Waals surface area contributed by atoms with Crippen LogP contribution >= 0.6 is 23.1 Å². The van der Waals surface area contributed by atoms with Gasteiger partial charge < -0.3 is 4.74 Å². The summed E-state index contributed by atoms with van der Waals surface area (Å²) >= 11 is 3.40. The molecule has 0 radical (unpaired) electrons. The largest absolute Gasteiger partial charge is 0.453 e. The van der Waals surface area contributed by atoms with Crippen molar-refractivity contribution in [3.63, 3.8) is 0 Å². The predicted octanol–water partition coefficient (Wildman–Crippen LogP) is 5.42. The zero-order chi connectivity index (χ0) is 18.3. The topological polar surface area (TPSA) is 55.6 Å². The van der Waals surface area contributed by atoms with Crippen LogP contribution < -0.4 is 5.32 Å². The van der Waals surface area contributed by atoms with Crippen molar-refractivity contribution in [2.45, 2.75) is 11.9 Å². The summed E-state index contributed by atoms with van der Waals surface area (Å²) in [5.41, 5.74) is 3.72. The Labute approximate surface area is 159 Å². The molecule has 0 spiro atoms. The summed E-state index contributed by atoms with van der Waals surface area (Å²) in [6.45, 7) is 2.12. The number of nitrogens with one attached hydrogen (secondary N) is 1. The molecule has 0 bridgehead atoms. The summed E-state index contributed by atoms with van der Waals surface area (Å²) < 4.78 is 6.80. The Kier molecular flexibility index (Phi) is 4.34. The molecule has 0 aliphatic heterocycles. The van der Waals surface area contributed by atoms with Gasteiger partial charge in [-0.05, 0) is 48.2 Å². The number of thiophene rings is 1. The Balaban J connectivity index is 1.97. The highest BCUT2D eigenvalue weighted by Gasteiger charge is 2.17. The van der Waals surface area contributed by atoms with Crippen molar-refractivity contribution >= 4 is 51.3 Å². The van der Waals surface area contributed by atoms with Crippen molar-refractivity contribution in [3.8, 4) is 11.3 Å². The molecular weight excluding hydrogens is 366 g/mol. The first-order valence-electron chi connectivity index (χ1n) is 8.00. The van der Waals surface area contributed by atoms with E-state index in [1.165, 1.54) is 17.6 Å². The first-order chi connectivity index (χ1) is 12.6. The maximum absolute atomic E-state index is 11.5. The van der Waals surface area contributed by atoms with Crippen LogP contribution in [0.1, 0.15) is 4.88 Å². The number of amides is 1. The molecule has 0 fully saturated rings. The molecule has 0 unspecified atom stereocenters. The molecule has 7 heteroatoms. The van der Waals surface area contributed by atoms with E-state index in [-0.39, 0.29) is 0 Å². The van der Waals surface area contributed by atoms with E-state index in [1.54, 1.807) is 23.1 Å². The smallest absolute Gasteiger partial charge is 0.411 e. The van der Waals surface area contributed by atoms with Gasteiger partial charge in [0.05, 0.1) is 7.11 Å². The molecule has 0 aliphatic carbocycles. The van der Waals surface area contributed by atoms with E-state index in [2.05, 4.69) is 51.3 Å². The van der Waals surface area contributed by atoms with Crippen molar-refractivity contribution in [1.82, 2.24) is 9.38 Å². The van der Waals surface area contributed by atoms with Crippen molar-refractivity contribution in [2.24, 2.45) is 0 Å². The van der Waals surface area contributed by atoms with Gasteiger partial charge in [-0.2, -0.15) is 0 Å². The fourth-order valence-corrected chi connectivity index (χ4v) is 4.44. The summed E-state index contributed by atoms with van der Waals surface area (Å²) in [5, 5.41) is 7.97. The molecule has 3 heterocycles. The third-order valence-corrected chi connectivity index (χ3v) is 5.93. The van der Waals surface area contributed by atoms with Crippen LogP contribution in [0, 0.1) is 6.92 Å². The molecule has 26 heavy (non-hydrogen) atoms. The van der Waals surface area contributed by atoms with E-state index in [9.17, 15) is 4.79 Å². The molecule has 1 amide bonds. The number of methoxy groups -OCH3 is 1. The van der Waals surface area contributed by atoms with Gasteiger partial charge in [0.2, 0.25) is 0 Å². The second-order valence-corrected chi connectivity index (χ2v) is 7.70. The van der Waals surface area contributed by atoms with Gasteiger partial charge in [0.15, 0.2) is 0 Å². The summed E-state index contributed by atoms with van der Waals surface area (Å²) in [7, 11) is 1.35. The number of pyridine rings is 1. The molecule has 0 aliphatic rings. The first-order valence-corrected chi connectivity index (χ1v) is 10.1. The maximum Gasteiger partial charge on any atom is 0.411 e. The van der Waals surface area contributed by atoms with E-state index < -0.39 is 6.09 Å². The van der Waals surface area contributed by atoms with Gasteiger partial charge in [-0.3, -0.25) is 9.72 Å². The molecule has 3 aromatic heterocycles. The van der Waals surface area contributed by atoms with Crippen molar-refractivity contribution < 1.29 is 9.53 Å². The summed E-state index contributed by atoms with van der Waals surface area (Å²) in [4.78, 5) is 17.7. The fourth-order valence-electron chi connectivity index (χ4n) is 3.04. The molecule has 1 aromatic carbocycles. The Morgan fingerprint density at radius 1 is 1.31 bits per heavy atom. The van der Waals surface area contributed by atoms with Gasteiger partial charge in [-0.1, -0.05) is 6.07 Å². The maximum atomic E-state index is 11.5. The van der Waals surface area contributed by atoms with Crippen LogP contribution in [0.15, 0.2) is 46.9 Å². The highest BCUT2D eigenvalue weighted by atomic mass is 32.2. The Bertz CT molecular complexity index is 1130. The number of carbonyl (C=O) groups is 1. The van der Waals surface area contributed by atoms with Crippen LogP contribution in [0.2, 0.25) is 0 Å². The van der Waals surface area contributed by atoms with E-state index in [0.29, 0.717) is 5.69 Å². The second-order valence-electron chi connectivity index (χ2n) is 5.79. The SMILES string of the molecule is COC(=O)Nc1ccc2ccn3c(SC)c(-c4ccsc4C)nc3c2c1. The standard InChI is InChI=1S/C19H17N3O2S2/c1-11-14(7-9-26-11)16-18(25-3)22-8-6-12-4-5-13(20-19(23)24-2)10-15(12)17(22)21-16/h4-10H,1-3H3,(H,20,23). The zero-order valence-electron chi connectivity index (χ0n) is 14.6. The lowest BCUT2D eigenvalue weighted by molar-refractivity contribution is 0.187. The predicted molar refractivity (Wildman–Crippen MR) is 109 cm³/mol. The first kappa shape index (κ1) is 16.9. The number of nitrogens with zero attached hydrogens (tertiary/aromatic N) is 2. The zero-order valence-corrected chi connectivity index (χ0v) is 16.2. The number of benzene rings is 1. The van der Waals surface area contributed by atoms with E-state index in [0.717, 1.165) is 27.1 Å². The Hall–Kier alpha value is -2.51. The number of aromatic nitrogens is 2. The summed E-state index contributed by atoms with van der Waals surface area (Å²) in [5.74, 6) is 0. The Morgan fingerprint density at radius 3 is 2.85 bits per heavy atom. The van der Waals surface area contributed by atoms with Gasteiger partial charge in [-0.15, -0.1) is 23.1 Å². The average Bonchev–Trinajstić information content (AvgIpc) is 3.24. The van der Waals surface area contributed by atoms with Crippen molar-refractivity contribution in [3.05, 3.63) is 46.8 Å². The minimum atomic E-state index is -0.487. The third kappa shape index (κ3) is 2.73. The number of fused-ring (bicyclic) bond motifs is 3. The lowest BCUT2D eigenvalue weighted by Crippen LogP contribution is -2.10. The number of aryl methyl sites for hydroxylation is 1. The number of anilines is 1. The van der Waals surface area contributed by atoms with Gasteiger partial charge in [-0.25, -0.2) is 9.78 Å². The lowest BCUT2D eigenvalue weighted by atomic mass is 10.1. The van der Waals surface area contributed by atoms with Crippen LogP contribution in [0.25, 0.3) is 27.7 Å². The number of hydrogen-bond acceptors (Lipinski definition) is 5. The quantitative estimate of drug-likeness (QED) is 0.480. The van der Waals surface area contributed by atoms with E-state index >= 15 is 0 Å². The number of hydrogen-bond donors (Lipinski definition) is 1. The molecule has 4 aromatic rings. The van der Waals surface area contributed by atoms with E-state index in [1.807, 2.05) is 18.2 Å². The molecule has 4 rings (SSSR count). The van der Waals surface area contributed by atoms with Crippen LogP contribution in [0.4, 0.5) is 10.5 Å². The molecule has 0 saturated carbocycles. The lowest BCUT2D eigenvalue weighted by Gasteiger charge is -2.07. The van der Waals surface area contributed by atoms with Gasteiger partial charge >= 0.3 is 6.09 Å². The van der Waals surface area contributed by atoms with Gasteiger partial charge in [0.1, 0.15) is 16.4 Å². The van der Waals surface area contributed by atoms with E-state index in [4.69, 9.17) is 4.98 Å². The van der Waals surface area contributed by atoms with Crippen molar-refractivity contribution in [2.75, 3.05) is 18.7 Å². The highest BCUT2D eigenvalue weighted by molar-refractivity contribution is 7.98. The number of thioether (sulfide) groups is 1. The molecule has 0 atom stereocenters. The molecular formula is C19H17N3O2S2. The number of carbonyl (C=O) groups excluding carboxylic acids is 1. The molecule has 132 valence electrons. The second kappa shape index (κ2) is 6.66. The summed E-state index contributed by atoms with van der Waals surface area (Å²) in [6.07, 6.45) is 3.63. The van der Waals surface area contributed by atoms with Crippen LogP contribution in [-0.2, 0) is 4.74 Å². The van der Waals surface area contributed by atoms with Crippen LogP contribution in [0.5, 0.6) is 0 Å². The number of ether oxygens (including phenoxy) is 1. The number of rotatable bonds is 3. The van der Waals surface area contributed by atoms with Crippen LogP contribution in [0.3, 0.4) is 0 Å². The fraction of sp³-hybridized carbons (Fsp3) is 0.158. The molecule has 1 N–H and O–H groups in total. The third-order valence-electron chi connectivity index (χ3n) is 4.30. The summed E-state index contributed by atoms with van der Waals surface area (Å²) in [6, 6.07) is 9.95. The molecule has 5 nitrogen and oxygen atoms in total. The van der Waals surface area contributed by atoms with Gasteiger partial charge in [0, 0.05) is 27.7 Å². The van der Waals surface area contributed by atoms with Crippen molar-refractivity contribution in [1.29, 1.82) is 0 Å². The highest BCUT2D eigenvalue weighted by Crippen LogP contribution is 2.36. The average molecular weight is 383 g/mol. The normalized spacial score (nSPS) is 11.2. The molecule has 0 saturated heterocycles. The number of imidazole rings is 1. The van der Waals surface area contributed by atoms with Crippen LogP contribution in [-0.4, -0.2) is 28.8 Å². The minimum absolute atomic E-state index is 0.487.